The number of hydrogen-bond donors (Lipinski definition) is 1. The van der Waals surface area contributed by atoms with Gasteiger partial charge in [-0.15, -0.1) is 15.3 Å². The van der Waals surface area contributed by atoms with Gasteiger partial charge in [-0.05, 0) is 42.3 Å². The first-order chi connectivity index (χ1) is 17.2. The van der Waals surface area contributed by atoms with E-state index < -0.39 is 0 Å². The lowest BCUT2D eigenvalue weighted by Crippen LogP contribution is -2.24. The lowest BCUT2D eigenvalue weighted by atomic mass is 9.87. The van der Waals surface area contributed by atoms with Crippen LogP contribution < -0.4 is 10.1 Å². The Morgan fingerprint density at radius 1 is 1.03 bits per heavy atom. The van der Waals surface area contributed by atoms with Gasteiger partial charge in [0.25, 0.3) is 0 Å². The quantitative estimate of drug-likeness (QED) is 0.410. The summed E-state index contributed by atoms with van der Waals surface area (Å²) in [6, 6.07) is 21.9. The molecular formula is C26H23N7O2. The van der Waals surface area contributed by atoms with Crippen LogP contribution in [0.5, 0.6) is 5.75 Å². The molecule has 35 heavy (non-hydrogen) atoms. The maximum atomic E-state index is 12.6. The van der Waals surface area contributed by atoms with Gasteiger partial charge in [-0.3, -0.25) is 4.79 Å². The van der Waals surface area contributed by atoms with Gasteiger partial charge in [0.15, 0.2) is 17.3 Å². The van der Waals surface area contributed by atoms with Crippen molar-refractivity contribution in [1.82, 2.24) is 29.6 Å². The summed E-state index contributed by atoms with van der Waals surface area (Å²) in [5, 5.41) is 20.2. The molecule has 3 aromatic heterocycles. The molecule has 1 aliphatic heterocycles. The topological polar surface area (TPSA) is 99.2 Å². The highest BCUT2D eigenvalue weighted by Crippen LogP contribution is 2.38. The van der Waals surface area contributed by atoms with E-state index in [0.29, 0.717) is 36.1 Å². The maximum Gasteiger partial charge on any atom is 0.226 e. The van der Waals surface area contributed by atoms with Crippen molar-refractivity contribution in [2.75, 3.05) is 11.9 Å². The largest absolute Gasteiger partial charge is 0.493 e. The highest BCUT2D eigenvalue weighted by molar-refractivity contribution is 5.94. The monoisotopic (exact) mass is 465 g/mol. The summed E-state index contributed by atoms with van der Waals surface area (Å²) in [4.78, 5) is 12.6. The van der Waals surface area contributed by atoms with E-state index in [-0.39, 0.29) is 11.8 Å². The van der Waals surface area contributed by atoms with E-state index in [1.165, 1.54) is 5.56 Å². The van der Waals surface area contributed by atoms with Crippen LogP contribution in [0, 0.1) is 6.92 Å². The number of anilines is 1. The summed E-state index contributed by atoms with van der Waals surface area (Å²) in [5.74, 6) is 2.52. The van der Waals surface area contributed by atoms with E-state index in [4.69, 9.17) is 4.74 Å². The van der Waals surface area contributed by atoms with Crippen LogP contribution in [-0.2, 0) is 11.2 Å². The zero-order valence-corrected chi connectivity index (χ0v) is 19.1. The fourth-order valence-corrected chi connectivity index (χ4v) is 4.42. The number of carbonyl (C=O) groups excluding carboxylic acids is 1. The van der Waals surface area contributed by atoms with Crippen molar-refractivity contribution in [3.63, 3.8) is 0 Å². The van der Waals surface area contributed by atoms with Gasteiger partial charge in [0, 0.05) is 24.3 Å². The van der Waals surface area contributed by atoms with Gasteiger partial charge in [0.1, 0.15) is 11.6 Å². The third kappa shape index (κ3) is 4.01. The van der Waals surface area contributed by atoms with E-state index >= 15 is 0 Å². The summed E-state index contributed by atoms with van der Waals surface area (Å²) in [6.45, 7) is 2.44. The average Bonchev–Trinajstić information content (AvgIpc) is 3.48. The molecule has 1 amide bonds. The van der Waals surface area contributed by atoms with Crippen LogP contribution in [0.1, 0.15) is 34.9 Å². The van der Waals surface area contributed by atoms with Crippen LogP contribution in [0.4, 0.5) is 5.82 Å². The Balaban J connectivity index is 1.23. The Hall–Kier alpha value is -4.53. The summed E-state index contributed by atoms with van der Waals surface area (Å²) in [6.07, 6.45) is 3.00. The minimum atomic E-state index is -0.105. The Bertz CT molecular complexity index is 1510. The summed E-state index contributed by atoms with van der Waals surface area (Å²) in [5.41, 5.74) is 3.88. The number of ether oxygens (including phenoxy) is 1. The van der Waals surface area contributed by atoms with Gasteiger partial charge in [0.05, 0.1) is 12.8 Å². The number of benzene rings is 2. The van der Waals surface area contributed by atoms with E-state index in [1.54, 1.807) is 15.4 Å². The molecular weight excluding hydrogens is 442 g/mol. The first-order valence-electron chi connectivity index (χ1n) is 11.5. The number of hydrogen-bond acceptors (Lipinski definition) is 6. The number of aryl methyl sites for hydroxylation is 1. The second kappa shape index (κ2) is 8.68. The van der Waals surface area contributed by atoms with Crippen molar-refractivity contribution in [3.8, 4) is 11.6 Å². The molecule has 1 unspecified atom stereocenters. The molecule has 0 bridgehead atoms. The second-order valence-corrected chi connectivity index (χ2v) is 8.53. The number of amides is 1. The van der Waals surface area contributed by atoms with Crippen molar-refractivity contribution in [2.45, 2.75) is 25.7 Å². The van der Waals surface area contributed by atoms with Gasteiger partial charge in [-0.25, -0.2) is 0 Å². The van der Waals surface area contributed by atoms with E-state index in [9.17, 15) is 4.79 Å². The van der Waals surface area contributed by atoms with E-state index in [1.807, 2.05) is 61.5 Å². The standard InChI is InChI=1S/C26H23N7O2/c1-17-29-30-23-11-12-24(31-32(17)23)33-26-22(16-27-33)21(15-25(34)28-26)19-7-9-20(10-8-19)35-14-13-18-5-3-2-4-6-18/h2-12,16,21H,13-15H2,1H3,(H,28,34). The fourth-order valence-electron chi connectivity index (χ4n) is 4.42. The molecule has 0 aliphatic carbocycles. The SMILES string of the molecule is Cc1nnc2ccc(-n3ncc4c3NC(=O)CC4c3ccc(OCCc4ccccc4)cc3)nn12. The molecule has 0 fully saturated rings. The molecule has 9 nitrogen and oxygen atoms in total. The van der Waals surface area contributed by atoms with Crippen molar-refractivity contribution < 1.29 is 9.53 Å². The molecule has 4 heterocycles. The summed E-state index contributed by atoms with van der Waals surface area (Å²) in [7, 11) is 0. The molecule has 0 saturated heterocycles. The van der Waals surface area contributed by atoms with Gasteiger partial charge in [-0.1, -0.05) is 42.5 Å². The molecule has 6 rings (SSSR count). The Morgan fingerprint density at radius 2 is 1.86 bits per heavy atom. The van der Waals surface area contributed by atoms with Gasteiger partial charge in [0.2, 0.25) is 5.91 Å². The highest BCUT2D eigenvalue weighted by atomic mass is 16.5. The van der Waals surface area contributed by atoms with Crippen LogP contribution in [0.15, 0.2) is 72.9 Å². The van der Waals surface area contributed by atoms with Crippen molar-refractivity contribution in [3.05, 3.63) is 95.4 Å². The van der Waals surface area contributed by atoms with Crippen molar-refractivity contribution in [2.24, 2.45) is 0 Å². The zero-order valence-electron chi connectivity index (χ0n) is 19.1. The Morgan fingerprint density at radius 3 is 2.69 bits per heavy atom. The average molecular weight is 466 g/mol. The lowest BCUT2D eigenvalue weighted by Gasteiger charge is -2.23. The predicted octanol–water partition coefficient (Wildman–Crippen LogP) is 3.71. The van der Waals surface area contributed by atoms with E-state index in [0.717, 1.165) is 23.3 Å². The zero-order chi connectivity index (χ0) is 23.8. The minimum Gasteiger partial charge on any atom is -0.493 e. The first-order valence-corrected chi connectivity index (χ1v) is 11.5. The first kappa shape index (κ1) is 21.0. The molecule has 1 aliphatic rings. The van der Waals surface area contributed by atoms with Crippen molar-refractivity contribution >= 4 is 17.4 Å². The minimum absolute atomic E-state index is 0.0611. The number of fused-ring (bicyclic) bond motifs is 2. The van der Waals surface area contributed by atoms with Gasteiger partial charge >= 0.3 is 0 Å². The normalized spacial score (nSPS) is 15.1. The van der Waals surface area contributed by atoms with Crippen LogP contribution >= 0.6 is 0 Å². The molecule has 0 spiro atoms. The molecule has 5 aromatic rings. The molecule has 9 heteroatoms. The molecule has 1 N–H and O–H groups in total. The molecule has 174 valence electrons. The Kier molecular flexibility index (Phi) is 5.21. The van der Waals surface area contributed by atoms with Crippen LogP contribution in [0.2, 0.25) is 0 Å². The summed E-state index contributed by atoms with van der Waals surface area (Å²) < 4.78 is 9.23. The van der Waals surface area contributed by atoms with Gasteiger partial charge in [-0.2, -0.15) is 14.3 Å². The molecule has 0 radical (unpaired) electrons. The van der Waals surface area contributed by atoms with Crippen LogP contribution in [0.3, 0.4) is 0 Å². The number of nitrogens with one attached hydrogen (secondary N) is 1. The van der Waals surface area contributed by atoms with Crippen molar-refractivity contribution in [1.29, 1.82) is 0 Å². The second-order valence-electron chi connectivity index (χ2n) is 8.53. The summed E-state index contributed by atoms with van der Waals surface area (Å²) >= 11 is 0. The van der Waals surface area contributed by atoms with Crippen LogP contribution in [0.25, 0.3) is 11.5 Å². The maximum absolute atomic E-state index is 12.6. The number of carbonyl (C=O) groups is 1. The third-order valence-corrected chi connectivity index (χ3v) is 6.23. The Labute approximate surface area is 201 Å². The third-order valence-electron chi connectivity index (χ3n) is 6.23. The van der Waals surface area contributed by atoms with Crippen LogP contribution in [-0.4, -0.2) is 42.1 Å². The van der Waals surface area contributed by atoms with E-state index in [2.05, 4.69) is 37.8 Å². The fraction of sp³-hybridized carbons (Fsp3) is 0.192. The number of nitrogens with zero attached hydrogens (tertiary/aromatic N) is 6. The highest BCUT2D eigenvalue weighted by Gasteiger charge is 2.30. The number of rotatable bonds is 6. The number of aromatic nitrogens is 6. The lowest BCUT2D eigenvalue weighted by molar-refractivity contribution is -0.116. The predicted molar refractivity (Wildman–Crippen MR) is 130 cm³/mol. The molecule has 2 aromatic carbocycles. The smallest absolute Gasteiger partial charge is 0.226 e. The van der Waals surface area contributed by atoms with Gasteiger partial charge < -0.3 is 10.1 Å². The molecule has 1 atom stereocenters. The molecule has 0 saturated carbocycles.